The Morgan fingerprint density at radius 3 is 2.36 bits per heavy atom. The van der Waals surface area contributed by atoms with Gasteiger partial charge in [-0.2, -0.15) is 0 Å². The van der Waals surface area contributed by atoms with Crippen molar-refractivity contribution in [3.05, 3.63) is 80.7 Å². The van der Waals surface area contributed by atoms with Gasteiger partial charge in [0.15, 0.2) is 0 Å². The summed E-state index contributed by atoms with van der Waals surface area (Å²) < 4.78 is 19.4. The summed E-state index contributed by atoms with van der Waals surface area (Å²) in [5, 5.41) is 15.0. The van der Waals surface area contributed by atoms with Crippen LogP contribution in [0.25, 0.3) is 6.08 Å². The highest BCUT2D eigenvalue weighted by atomic mass is 35.5. The molecule has 2 aromatic carbocycles. The van der Waals surface area contributed by atoms with Crippen LogP contribution in [-0.2, 0) is 9.53 Å². The van der Waals surface area contributed by atoms with E-state index in [0.717, 1.165) is 19.3 Å². The average Bonchev–Trinajstić information content (AvgIpc) is 3.10. The van der Waals surface area contributed by atoms with Gasteiger partial charge in [0, 0.05) is 35.9 Å². The van der Waals surface area contributed by atoms with Crippen LogP contribution in [0, 0.1) is 11.2 Å². The van der Waals surface area contributed by atoms with Gasteiger partial charge in [0.05, 0.1) is 17.3 Å². The van der Waals surface area contributed by atoms with E-state index in [-0.39, 0.29) is 31.0 Å². The molecule has 2 heterocycles. The molecule has 0 aromatic heterocycles. The smallest absolute Gasteiger partial charge is 0.410 e. The molecule has 2 aromatic rings. The van der Waals surface area contributed by atoms with Gasteiger partial charge < -0.3 is 15.0 Å². The second-order valence-electron chi connectivity index (χ2n) is 11.3. The van der Waals surface area contributed by atoms with E-state index < -0.39 is 17.6 Å². The maximum Gasteiger partial charge on any atom is 0.410 e. The fraction of sp³-hybridized carbons (Fsp3) is 0.387. The Bertz CT molecular complexity index is 1400. The molecule has 3 N–H and O–H groups in total. The molecule has 0 aliphatic carbocycles. The molecule has 2 aliphatic rings. The van der Waals surface area contributed by atoms with E-state index in [1.165, 1.54) is 17.0 Å². The first kappa shape index (κ1) is 31.5. The highest BCUT2D eigenvalue weighted by molar-refractivity contribution is 6.44. The van der Waals surface area contributed by atoms with E-state index in [1.807, 2.05) is 5.01 Å². The van der Waals surface area contributed by atoms with Crippen LogP contribution < -0.4 is 10.7 Å². The summed E-state index contributed by atoms with van der Waals surface area (Å²) in [6.45, 7) is 7.10. The third-order valence-corrected chi connectivity index (χ3v) is 7.36. The van der Waals surface area contributed by atoms with E-state index in [0.29, 0.717) is 51.2 Å². The Balaban J connectivity index is 1.80. The van der Waals surface area contributed by atoms with Crippen molar-refractivity contribution in [2.45, 2.75) is 52.1 Å². The van der Waals surface area contributed by atoms with E-state index in [2.05, 4.69) is 10.7 Å². The molecule has 0 unspecified atom stereocenters. The molecule has 0 radical (unpaired) electrons. The number of hydrogen-bond donors (Lipinski definition) is 3. The van der Waals surface area contributed by atoms with Crippen LogP contribution in [-0.4, -0.2) is 59.4 Å². The van der Waals surface area contributed by atoms with Crippen LogP contribution in [0.1, 0.15) is 52.0 Å². The van der Waals surface area contributed by atoms with Gasteiger partial charge >= 0.3 is 6.09 Å². The number of halogens is 3. The van der Waals surface area contributed by atoms with Gasteiger partial charge in [-0.1, -0.05) is 41.8 Å². The Kier molecular flexibility index (Phi) is 10.3. The lowest BCUT2D eigenvalue weighted by Gasteiger charge is -2.27. The normalized spacial score (nSPS) is 17.6. The Hall–Kier alpha value is -3.40. The van der Waals surface area contributed by atoms with Crippen LogP contribution in [0.4, 0.5) is 14.9 Å². The molecule has 8 nitrogen and oxygen atoms in total. The number of hydrazine groups is 1. The van der Waals surface area contributed by atoms with Gasteiger partial charge in [-0.15, -0.1) is 0 Å². The van der Waals surface area contributed by atoms with Crippen molar-refractivity contribution in [1.82, 2.24) is 15.3 Å². The van der Waals surface area contributed by atoms with Crippen LogP contribution in [0.3, 0.4) is 0 Å². The number of piperidine rings is 1. The molecule has 224 valence electrons. The third kappa shape index (κ3) is 8.56. The number of nitrogens with one attached hydrogen (secondary N) is 3. The molecule has 0 saturated carbocycles. The molecule has 2 aliphatic heterocycles. The van der Waals surface area contributed by atoms with Gasteiger partial charge in [-0.25, -0.2) is 14.2 Å². The molecule has 0 spiro atoms. The minimum Gasteiger partial charge on any atom is -0.444 e. The summed E-state index contributed by atoms with van der Waals surface area (Å²) in [7, 11) is 0. The van der Waals surface area contributed by atoms with E-state index in [9.17, 15) is 14.0 Å². The molecular formula is C31H36Cl2FN5O3. The first-order chi connectivity index (χ1) is 19.9. The molecule has 0 atom stereocenters. The lowest BCUT2D eigenvalue weighted by molar-refractivity contribution is -0.119. The van der Waals surface area contributed by atoms with Crippen LogP contribution in [0.2, 0.25) is 10.0 Å². The standard InChI is InChI=1S/C31H36Cl2FN5O3/c1-31(2,3)42-30(41)38-16-13-24(27(35)29(40)37-39-14-5-4-6-15-39)28(36-26-12-9-22(32)18-25(26)33)21(19-38)17-20-7-10-23(34)11-8-20/h7-12,17-18,35-36H,4-6,13-16,19H2,1-3H3,(H,37,40)/b21-17+,35-27?. The van der Waals surface area contributed by atoms with Gasteiger partial charge in [-0.05, 0) is 87.6 Å². The molecule has 2 amide bonds. The highest BCUT2D eigenvalue weighted by Gasteiger charge is 2.31. The summed E-state index contributed by atoms with van der Waals surface area (Å²) >= 11 is 12.7. The Morgan fingerprint density at radius 1 is 1.02 bits per heavy atom. The summed E-state index contributed by atoms with van der Waals surface area (Å²) in [6, 6.07) is 10.9. The van der Waals surface area contributed by atoms with Gasteiger partial charge in [0.25, 0.3) is 5.91 Å². The maximum absolute atomic E-state index is 13.7. The summed E-state index contributed by atoms with van der Waals surface area (Å²) in [6.07, 6.45) is 4.50. The molecular weight excluding hydrogens is 580 g/mol. The number of rotatable bonds is 6. The quantitative estimate of drug-likeness (QED) is 0.302. The predicted molar refractivity (Wildman–Crippen MR) is 165 cm³/mol. The zero-order valence-corrected chi connectivity index (χ0v) is 25.5. The van der Waals surface area contributed by atoms with Crippen LogP contribution in [0.15, 0.2) is 59.3 Å². The summed E-state index contributed by atoms with van der Waals surface area (Å²) in [5.74, 6) is -0.924. The number of carbonyl (C=O) groups excluding carboxylic acids is 2. The first-order valence-electron chi connectivity index (χ1n) is 13.9. The summed E-state index contributed by atoms with van der Waals surface area (Å²) in [5.41, 5.74) is 4.53. The van der Waals surface area contributed by atoms with Crippen molar-refractivity contribution in [3.8, 4) is 0 Å². The van der Waals surface area contributed by atoms with Crippen molar-refractivity contribution in [2.24, 2.45) is 0 Å². The number of hydrogen-bond acceptors (Lipinski definition) is 6. The number of nitrogens with zero attached hydrogens (tertiary/aromatic N) is 2. The third-order valence-electron chi connectivity index (χ3n) is 6.81. The number of anilines is 1. The van der Waals surface area contributed by atoms with Gasteiger partial charge in [0.2, 0.25) is 0 Å². The number of amides is 2. The number of ether oxygens (including phenoxy) is 1. The molecule has 42 heavy (non-hydrogen) atoms. The topological polar surface area (TPSA) is 97.8 Å². The van der Waals surface area contributed by atoms with Gasteiger partial charge in [-0.3, -0.25) is 15.6 Å². The van der Waals surface area contributed by atoms with Crippen molar-refractivity contribution in [1.29, 1.82) is 5.41 Å². The van der Waals surface area contributed by atoms with Crippen molar-refractivity contribution in [2.75, 3.05) is 31.5 Å². The molecule has 1 fully saturated rings. The molecule has 0 bridgehead atoms. The monoisotopic (exact) mass is 615 g/mol. The SMILES string of the molecule is CC(C)(C)OC(=O)N1CCC(C(=N)C(=O)NN2CCCCC2)=C(Nc2ccc(Cl)cc2Cl)/C(=C/c2ccc(F)cc2)C1. The zero-order valence-electron chi connectivity index (χ0n) is 24.0. The number of carbonyl (C=O) groups is 2. The first-order valence-corrected chi connectivity index (χ1v) is 14.7. The summed E-state index contributed by atoms with van der Waals surface area (Å²) in [4.78, 5) is 28.2. The van der Waals surface area contributed by atoms with Gasteiger partial charge in [0.1, 0.15) is 17.1 Å². The fourth-order valence-electron chi connectivity index (χ4n) is 4.76. The Labute approximate surface area is 256 Å². The van der Waals surface area contributed by atoms with Crippen LogP contribution >= 0.6 is 23.2 Å². The highest BCUT2D eigenvalue weighted by Crippen LogP contribution is 2.32. The molecule has 11 heteroatoms. The predicted octanol–water partition coefficient (Wildman–Crippen LogP) is 7.06. The van der Waals surface area contributed by atoms with Crippen molar-refractivity contribution < 1.29 is 18.7 Å². The zero-order chi connectivity index (χ0) is 30.4. The van der Waals surface area contributed by atoms with E-state index in [4.69, 9.17) is 33.3 Å². The second-order valence-corrected chi connectivity index (χ2v) is 12.2. The second kappa shape index (κ2) is 13.7. The van der Waals surface area contributed by atoms with Crippen molar-refractivity contribution in [3.63, 3.8) is 0 Å². The van der Waals surface area contributed by atoms with Crippen molar-refractivity contribution >= 4 is 52.7 Å². The fourth-order valence-corrected chi connectivity index (χ4v) is 5.22. The minimum absolute atomic E-state index is 0.102. The average molecular weight is 617 g/mol. The molecule has 1 saturated heterocycles. The Morgan fingerprint density at radius 2 is 1.71 bits per heavy atom. The van der Waals surface area contributed by atoms with Crippen LogP contribution in [0.5, 0.6) is 0 Å². The lowest BCUT2D eigenvalue weighted by atomic mass is 9.98. The number of benzene rings is 2. The lowest BCUT2D eigenvalue weighted by Crippen LogP contribution is -2.48. The minimum atomic E-state index is -0.723. The van der Waals surface area contributed by atoms with E-state index >= 15 is 0 Å². The maximum atomic E-state index is 13.7. The van der Waals surface area contributed by atoms with E-state index in [1.54, 1.807) is 57.2 Å². The molecule has 4 rings (SSSR count). The largest absolute Gasteiger partial charge is 0.444 e.